The first-order chi connectivity index (χ1) is 33.5. The number of carbonyl (C=O) groups excluding carboxylic acids is 4. The number of terminal acetylenes is 1. The summed E-state index contributed by atoms with van der Waals surface area (Å²) in [5.74, 6) is 0.609. The van der Waals surface area contributed by atoms with Gasteiger partial charge < -0.3 is 61.1 Å². The molecule has 1 amide bonds. The first kappa shape index (κ1) is 66.2. The number of carbonyl (C=O) groups is 4. The molecule has 5 rings (SSSR count). The van der Waals surface area contributed by atoms with Crippen LogP contribution < -0.4 is 31.3 Å². The summed E-state index contributed by atoms with van der Waals surface area (Å²) in [7, 11) is 5.25. The van der Waals surface area contributed by atoms with Gasteiger partial charge in [0, 0.05) is 68.5 Å². The van der Waals surface area contributed by atoms with E-state index in [-0.39, 0.29) is 29.1 Å². The number of aryl methyl sites for hydroxylation is 2. The molecule has 2 aromatic carbocycles. The Kier molecular flexibility index (Phi) is 36.7. The highest BCUT2D eigenvalue weighted by Gasteiger charge is 2.25. The Hall–Kier alpha value is -5.92. The summed E-state index contributed by atoms with van der Waals surface area (Å²) in [5.41, 5.74) is 12.3. The van der Waals surface area contributed by atoms with Gasteiger partial charge in [0.05, 0.1) is 36.6 Å². The average molecular weight is 972 g/mol. The topological polar surface area (TPSA) is 206 Å². The smallest absolute Gasteiger partial charge is 0.257 e. The number of piperidine rings is 1. The zero-order valence-corrected chi connectivity index (χ0v) is 44.7. The van der Waals surface area contributed by atoms with Crippen LogP contribution in [0.3, 0.4) is 0 Å². The minimum absolute atomic E-state index is 0.0309. The van der Waals surface area contributed by atoms with Gasteiger partial charge in [0.25, 0.3) is 5.88 Å². The number of ether oxygens (including phenoxy) is 1. The van der Waals surface area contributed by atoms with Crippen LogP contribution in [0, 0.1) is 39.0 Å². The molecule has 7 N–H and O–H groups in total. The van der Waals surface area contributed by atoms with Gasteiger partial charge in [0.2, 0.25) is 5.91 Å². The second-order valence-electron chi connectivity index (χ2n) is 17.5. The van der Waals surface area contributed by atoms with E-state index < -0.39 is 0 Å². The lowest BCUT2D eigenvalue weighted by atomic mass is 10.0. The van der Waals surface area contributed by atoms with Crippen molar-refractivity contribution in [1.29, 1.82) is 5.41 Å². The van der Waals surface area contributed by atoms with E-state index >= 15 is 0 Å². The molecule has 2 saturated heterocycles. The monoisotopic (exact) mass is 972 g/mol. The zero-order valence-electron chi connectivity index (χ0n) is 44.7. The fraction of sp³-hybridized carbons (Fsp3) is 0.527. The molecule has 1 aromatic heterocycles. The molecule has 2 aliphatic rings. The number of nitrogens with one attached hydrogen (secondary N) is 4. The van der Waals surface area contributed by atoms with E-state index in [1.165, 1.54) is 31.0 Å². The van der Waals surface area contributed by atoms with Gasteiger partial charge in [-0.2, -0.15) is 0 Å². The summed E-state index contributed by atoms with van der Waals surface area (Å²) in [4.78, 5) is 52.2. The molecule has 0 saturated carbocycles. The number of anilines is 2. The molecule has 70 heavy (non-hydrogen) atoms. The van der Waals surface area contributed by atoms with Crippen LogP contribution in [-0.4, -0.2) is 142 Å². The molecule has 0 spiro atoms. The maximum Gasteiger partial charge on any atom is 0.257 e. The highest BCUT2D eigenvalue weighted by molar-refractivity contribution is 6.02. The third-order valence-electron chi connectivity index (χ3n) is 11.1. The molecule has 1 unspecified atom stereocenters. The highest BCUT2D eigenvalue weighted by Crippen LogP contribution is 2.35. The van der Waals surface area contributed by atoms with Crippen molar-refractivity contribution in [3.8, 4) is 24.5 Å². The maximum absolute atomic E-state index is 12.4. The minimum Gasteiger partial charge on any atom is -0.503 e. The van der Waals surface area contributed by atoms with Gasteiger partial charge >= 0.3 is 0 Å². The number of nitrogens with zero attached hydrogens (tertiary/aromatic N) is 4. The van der Waals surface area contributed by atoms with Crippen molar-refractivity contribution in [3.05, 3.63) is 88.6 Å². The number of benzene rings is 2. The van der Waals surface area contributed by atoms with Gasteiger partial charge in [-0.1, -0.05) is 67.4 Å². The lowest BCUT2D eigenvalue weighted by molar-refractivity contribution is -0.132. The Morgan fingerprint density at radius 3 is 1.96 bits per heavy atom. The molecule has 15 heteroatoms. The van der Waals surface area contributed by atoms with Crippen LogP contribution >= 0.6 is 0 Å². The Bertz CT molecular complexity index is 1940. The van der Waals surface area contributed by atoms with Crippen molar-refractivity contribution in [1.82, 2.24) is 25.4 Å². The van der Waals surface area contributed by atoms with Crippen molar-refractivity contribution in [2.24, 2.45) is 5.73 Å². The fourth-order valence-electron chi connectivity index (χ4n) is 7.28. The number of hydrogen-bond acceptors (Lipinski definition) is 14. The number of aromatic nitrogens is 1. The van der Waals surface area contributed by atoms with Crippen LogP contribution in [0.25, 0.3) is 0 Å². The van der Waals surface area contributed by atoms with Crippen LogP contribution in [0.1, 0.15) is 95.9 Å². The molecule has 2 aliphatic heterocycles. The molecule has 390 valence electrons. The second-order valence-corrected chi connectivity index (χ2v) is 17.5. The van der Waals surface area contributed by atoms with Gasteiger partial charge in [-0.05, 0) is 119 Å². The Balaban J connectivity index is 0. The molecule has 15 nitrogen and oxygen atoms in total. The van der Waals surface area contributed by atoms with Crippen LogP contribution in [0.5, 0.6) is 11.6 Å². The summed E-state index contributed by atoms with van der Waals surface area (Å²) < 4.78 is 5.62. The molecule has 0 radical (unpaired) electrons. The number of allylic oxidation sites excluding steroid dienone is 1. The minimum atomic E-state index is -0.280. The SMILES string of the molecule is C#C.C/C=C1/CCN(c2cnc(OCCNC(C)(C)C)c(O)c2C)CC1=N.C=O.CCC(CC)N1CCN(C(=O)Cc2ccc(C)cc2)CC1.CN.CNC.Cc1ccc(NC(C=O)CCC=O)cc1. The van der Waals surface area contributed by atoms with Crippen molar-refractivity contribution in [2.75, 3.05) is 83.8 Å². The second kappa shape index (κ2) is 38.9. The van der Waals surface area contributed by atoms with E-state index in [9.17, 15) is 19.5 Å². The number of nitrogens with two attached hydrogens (primary N) is 1. The number of piperazine rings is 1. The highest BCUT2D eigenvalue weighted by atomic mass is 16.5. The molecule has 0 aliphatic carbocycles. The van der Waals surface area contributed by atoms with Gasteiger partial charge in [-0.25, -0.2) is 4.98 Å². The molecular weight excluding hydrogens is 883 g/mol. The number of aldehydes is 2. The quantitative estimate of drug-likeness (QED) is 0.0473. The molecule has 2 fully saturated rings. The predicted octanol–water partition coefficient (Wildman–Crippen LogP) is 7.34. The Morgan fingerprint density at radius 2 is 1.49 bits per heavy atom. The van der Waals surface area contributed by atoms with E-state index in [4.69, 9.17) is 14.9 Å². The lowest BCUT2D eigenvalue weighted by Crippen LogP contribution is -2.52. The first-order valence-corrected chi connectivity index (χ1v) is 24.2. The van der Waals surface area contributed by atoms with Gasteiger partial charge in [-0.15, -0.1) is 12.8 Å². The fourth-order valence-corrected chi connectivity index (χ4v) is 7.28. The van der Waals surface area contributed by atoms with Gasteiger partial charge in [-0.3, -0.25) is 9.69 Å². The van der Waals surface area contributed by atoms with E-state index in [0.29, 0.717) is 50.7 Å². The van der Waals surface area contributed by atoms with Crippen LogP contribution in [0.15, 0.2) is 66.4 Å². The average Bonchev–Trinajstić information content (AvgIpc) is 3.37. The van der Waals surface area contributed by atoms with E-state index in [1.807, 2.05) is 76.9 Å². The number of amides is 1. The van der Waals surface area contributed by atoms with Crippen LogP contribution in [-0.2, 0) is 25.6 Å². The Morgan fingerprint density at radius 1 is 0.943 bits per heavy atom. The predicted molar refractivity (Wildman–Crippen MR) is 292 cm³/mol. The summed E-state index contributed by atoms with van der Waals surface area (Å²) in [6.45, 7) is 27.0. The largest absolute Gasteiger partial charge is 0.503 e. The molecule has 3 aromatic rings. The van der Waals surface area contributed by atoms with E-state index in [0.717, 1.165) is 79.8 Å². The van der Waals surface area contributed by atoms with Crippen LogP contribution in [0.2, 0.25) is 0 Å². The summed E-state index contributed by atoms with van der Waals surface area (Å²) >= 11 is 0. The first-order valence-electron chi connectivity index (χ1n) is 24.2. The van der Waals surface area contributed by atoms with Crippen molar-refractivity contribution < 1.29 is 29.0 Å². The third-order valence-corrected chi connectivity index (χ3v) is 11.1. The van der Waals surface area contributed by atoms with Crippen molar-refractivity contribution in [2.45, 2.75) is 118 Å². The Labute approximate surface area is 421 Å². The molecule has 1 atom stereocenters. The number of rotatable bonds is 16. The van der Waals surface area contributed by atoms with E-state index in [2.05, 4.69) is 115 Å². The van der Waals surface area contributed by atoms with Crippen molar-refractivity contribution >= 4 is 42.4 Å². The molecule has 0 bridgehead atoms. The van der Waals surface area contributed by atoms with Crippen LogP contribution in [0.4, 0.5) is 11.4 Å². The number of hydrogen-bond donors (Lipinski definition) is 6. The number of aromatic hydroxyl groups is 1. The van der Waals surface area contributed by atoms with Crippen molar-refractivity contribution in [3.63, 3.8) is 0 Å². The normalized spacial score (nSPS) is 14.1. The summed E-state index contributed by atoms with van der Waals surface area (Å²) in [6.07, 6.45) is 18.1. The number of pyridine rings is 1. The third kappa shape index (κ3) is 26.2. The van der Waals surface area contributed by atoms with Gasteiger partial charge in [0.15, 0.2) is 5.75 Å². The standard InChI is InChI=1S/C19H30N4O2.C18H28N2O.C12H15NO2.C2H7N.C2H2.CH5N.CH2O/c1-6-14-7-9-23(12-15(14)20)16-11-21-18(17(24)13(16)2)25-10-8-22-19(3,4)5;1-4-17(5-2)19-10-12-20(13-11-19)18(21)14-16-8-6-15(3)7-9-16;1-10-4-6-11(7-5-10)13-12(9-15)3-2-8-14;1-3-2;3*1-2/h6,11,20,22,24H,7-10,12H2,1-5H3;6-9,17H,4-5,10-14H2,1-3H3;4-9,12-13H,2-3H2,1H3;3H,1-2H3;1-2H;2H2,1H3;1H2/b14-6-,20-15?;;;;;;. The van der Waals surface area contributed by atoms with E-state index in [1.54, 1.807) is 6.20 Å². The lowest BCUT2D eigenvalue weighted by Gasteiger charge is -2.39. The molecular formula is C55H89N9O6. The summed E-state index contributed by atoms with van der Waals surface area (Å²) in [5, 5.41) is 27.7. The zero-order chi connectivity index (χ0) is 53.7. The summed E-state index contributed by atoms with van der Waals surface area (Å²) in [6, 6.07) is 16.5. The molecule has 3 heterocycles. The van der Waals surface area contributed by atoms with Gasteiger partial charge in [0.1, 0.15) is 26.0 Å². The maximum atomic E-state index is 12.4.